The molecule has 3 aromatic rings. The summed E-state index contributed by atoms with van der Waals surface area (Å²) in [7, 11) is 0. The van der Waals surface area contributed by atoms with Crippen LogP contribution in [0.1, 0.15) is 33.4 Å². The third kappa shape index (κ3) is 7.58. The minimum atomic E-state index is -4.50. The second-order valence-electron chi connectivity index (χ2n) is 8.66. The minimum absolute atomic E-state index is 0.0651. The first-order chi connectivity index (χ1) is 18.3. The number of hydrogen-bond donors (Lipinski definition) is 4. The molecule has 0 aliphatic carbocycles. The van der Waals surface area contributed by atoms with Gasteiger partial charge in [-0.05, 0) is 49.8 Å². The van der Waals surface area contributed by atoms with Crippen LogP contribution in [0.3, 0.4) is 0 Å². The number of alkyl halides is 3. The molecule has 39 heavy (non-hydrogen) atoms. The van der Waals surface area contributed by atoms with E-state index in [9.17, 15) is 18.0 Å². The molecular formula is C26H29F3N8OS. The molecule has 13 heteroatoms. The summed E-state index contributed by atoms with van der Waals surface area (Å²) < 4.78 is 41.7. The van der Waals surface area contributed by atoms with Gasteiger partial charge in [0.2, 0.25) is 0 Å². The molecule has 0 saturated carbocycles. The van der Waals surface area contributed by atoms with E-state index in [1.54, 1.807) is 36.7 Å². The summed E-state index contributed by atoms with van der Waals surface area (Å²) in [6.45, 7) is 8.28. The number of amides is 1. The maximum atomic E-state index is 13.4. The SMILES string of the molecule is C=C/C(=C\C(=C/C(C)C(F)(F)F)NC(=O)c1ccc(C)c(N(N)/C=C(\N)c2cnc(N)s2)c1)n1cnc(C)c1. The number of aromatic nitrogens is 3. The van der Waals surface area contributed by atoms with E-state index in [0.29, 0.717) is 32.8 Å². The Kier molecular flexibility index (Phi) is 8.99. The molecule has 0 radical (unpaired) electrons. The average Bonchev–Trinajstić information content (AvgIpc) is 3.50. The Morgan fingerprint density at radius 3 is 2.56 bits per heavy atom. The summed E-state index contributed by atoms with van der Waals surface area (Å²) >= 11 is 1.19. The smallest absolute Gasteiger partial charge is 0.394 e. The number of nitrogens with zero attached hydrogens (tertiary/aromatic N) is 4. The second-order valence-corrected chi connectivity index (χ2v) is 9.72. The lowest BCUT2D eigenvalue weighted by Crippen LogP contribution is -2.28. The molecular weight excluding hydrogens is 529 g/mol. The predicted molar refractivity (Wildman–Crippen MR) is 149 cm³/mol. The van der Waals surface area contributed by atoms with Crippen molar-refractivity contribution in [3.05, 3.63) is 95.3 Å². The van der Waals surface area contributed by atoms with Crippen LogP contribution in [0.25, 0.3) is 11.4 Å². The van der Waals surface area contributed by atoms with E-state index < -0.39 is 18.0 Å². The Hall–Kier alpha value is -4.36. The first kappa shape index (κ1) is 29.2. The van der Waals surface area contributed by atoms with Crippen LogP contribution in [0.15, 0.2) is 73.6 Å². The van der Waals surface area contributed by atoms with Crippen LogP contribution < -0.4 is 27.6 Å². The number of thiazole rings is 1. The number of nitrogen functional groups attached to an aromatic ring is 1. The van der Waals surface area contributed by atoms with Gasteiger partial charge in [0.05, 0.1) is 34.2 Å². The van der Waals surface area contributed by atoms with Crippen molar-refractivity contribution in [2.24, 2.45) is 17.5 Å². The van der Waals surface area contributed by atoms with Gasteiger partial charge in [-0.1, -0.05) is 30.9 Å². The fraction of sp³-hybridized carbons (Fsp3) is 0.192. The molecule has 9 nitrogen and oxygen atoms in total. The fourth-order valence-electron chi connectivity index (χ4n) is 3.39. The van der Waals surface area contributed by atoms with Gasteiger partial charge in [-0.15, -0.1) is 0 Å². The normalized spacial score (nSPS) is 13.8. The number of imidazole rings is 1. The van der Waals surface area contributed by atoms with Gasteiger partial charge in [-0.3, -0.25) is 9.80 Å². The van der Waals surface area contributed by atoms with Gasteiger partial charge in [0, 0.05) is 35.6 Å². The highest BCUT2D eigenvalue weighted by Gasteiger charge is 2.34. The van der Waals surface area contributed by atoms with Crippen molar-refractivity contribution in [1.29, 1.82) is 0 Å². The van der Waals surface area contributed by atoms with Gasteiger partial charge in [0.15, 0.2) is 5.13 Å². The zero-order chi connectivity index (χ0) is 28.9. The molecule has 2 aromatic heterocycles. The third-order valence-electron chi connectivity index (χ3n) is 5.56. The summed E-state index contributed by atoms with van der Waals surface area (Å²) in [5.74, 6) is 3.74. The lowest BCUT2D eigenvalue weighted by molar-refractivity contribution is -0.156. The number of nitrogens with one attached hydrogen (secondary N) is 1. The van der Waals surface area contributed by atoms with Crippen molar-refractivity contribution >= 4 is 39.5 Å². The molecule has 7 N–H and O–H groups in total. The zero-order valence-electron chi connectivity index (χ0n) is 21.5. The van der Waals surface area contributed by atoms with Crippen molar-refractivity contribution in [3.8, 4) is 0 Å². The van der Waals surface area contributed by atoms with Crippen LogP contribution in [0.2, 0.25) is 0 Å². The molecule has 1 atom stereocenters. The van der Waals surface area contributed by atoms with E-state index in [-0.39, 0.29) is 11.3 Å². The van der Waals surface area contributed by atoms with Crippen LogP contribution in [0, 0.1) is 19.8 Å². The number of carbonyl (C=O) groups is 1. The predicted octanol–water partition coefficient (Wildman–Crippen LogP) is 4.72. The Balaban J connectivity index is 1.94. The molecule has 206 valence electrons. The summed E-state index contributed by atoms with van der Waals surface area (Å²) in [6, 6.07) is 4.72. The summed E-state index contributed by atoms with van der Waals surface area (Å²) in [6.07, 6.45) is 5.42. The highest BCUT2D eigenvalue weighted by Crippen LogP contribution is 2.28. The zero-order valence-corrected chi connectivity index (χ0v) is 22.3. The van der Waals surface area contributed by atoms with Crippen LogP contribution in [0.4, 0.5) is 24.0 Å². The number of hydrogen-bond acceptors (Lipinski definition) is 8. The number of benzene rings is 1. The molecule has 3 rings (SSSR count). The molecule has 0 saturated heterocycles. The minimum Gasteiger partial charge on any atom is -0.396 e. The third-order valence-corrected chi connectivity index (χ3v) is 6.44. The number of aryl methyl sites for hydroxylation is 2. The molecule has 0 fully saturated rings. The molecule has 1 aromatic carbocycles. The van der Waals surface area contributed by atoms with Crippen LogP contribution >= 0.6 is 11.3 Å². The maximum Gasteiger partial charge on any atom is 0.394 e. The molecule has 1 amide bonds. The van der Waals surface area contributed by atoms with E-state index in [2.05, 4.69) is 21.9 Å². The van der Waals surface area contributed by atoms with Crippen LogP contribution in [0.5, 0.6) is 0 Å². The van der Waals surface area contributed by atoms with Crippen molar-refractivity contribution < 1.29 is 18.0 Å². The molecule has 2 heterocycles. The monoisotopic (exact) mass is 558 g/mol. The number of hydrazine groups is 1. The number of nitrogens with two attached hydrogens (primary N) is 3. The standard InChI is InChI=1S/C26H29F3N8OS/c1-5-20(36-12-17(4)34-14-36)10-19(8-16(3)26(27,28)29)35-24(38)18-7-6-15(2)22(9-18)37(32)13-21(30)23-11-33-25(31)39-23/h5-14,16H,1,30,32H2,2-4H3,(H2,31,33)(H,35,38)/b19-8+,20-10+,21-13-. The average molecular weight is 559 g/mol. The van der Waals surface area contributed by atoms with Crippen molar-refractivity contribution in [1.82, 2.24) is 19.9 Å². The van der Waals surface area contributed by atoms with E-state index >= 15 is 0 Å². The van der Waals surface area contributed by atoms with Crippen molar-refractivity contribution in [3.63, 3.8) is 0 Å². The summed E-state index contributed by atoms with van der Waals surface area (Å²) in [5.41, 5.74) is 14.5. The van der Waals surface area contributed by atoms with E-state index in [0.717, 1.165) is 18.6 Å². The molecule has 0 bridgehead atoms. The number of anilines is 2. The van der Waals surface area contributed by atoms with E-state index in [1.807, 2.05) is 0 Å². The maximum absolute atomic E-state index is 13.4. The van der Waals surface area contributed by atoms with E-state index in [1.165, 1.54) is 53.3 Å². The van der Waals surface area contributed by atoms with Gasteiger partial charge >= 0.3 is 6.18 Å². The Bertz CT molecular complexity index is 1450. The Labute approximate surface area is 227 Å². The quantitative estimate of drug-likeness (QED) is 0.169. The van der Waals surface area contributed by atoms with Gasteiger partial charge in [-0.25, -0.2) is 15.8 Å². The number of halogens is 3. The molecule has 0 spiro atoms. The van der Waals surface area contributed by atoms with Gasteiger partial charge in [0.1, 0.15) is 0 Å². The van der Waals surface area contributed by atoms with Gasteiger partial charge in [-0.2, -0.15) is 13.2 Å². The Morgan fingerprint density at radius 2 is 2.00 bits per heavy atom. The van der Waals surface area contributed by atoms with Gasteiger partial charge in [0.25, 0.3) is 5.91 Å². The number of carbonyl (C=O) groups excluding carboxylic acids is 1. The van der Waals surface area contributed by atoms with Crippen LogP contribution in [-0.4, -0.2) is 26.6 Å². The number of rotatable bonds is 9. The second kappa shape index (κ2) is 12.0. The van der Waals surface area contributed by atoms with Gasteiger partial charge < -0.3 is 21.4 Å². The van der Waals surface area contributed by atoms with Crippen LogP contribution in [-0.2, 0) is 0 Å². The summed E-state index contributed by atoms with van der Waals surface area (Å²) in [4.78, 5) is 21.9. The number of allylic oxidation sites excluding steroid dienone is 4. The fourth-order valence-corrected chi connectivity index (χ4v) is 3.99. The molecule has 1 unspecified atom stereocenters. The summed E-state index contributed by atoms with van der Waals surface area (Å²) in [5, 5.41) is 4.17. The van der Waals surface area contributed by atoms with Crippen molar-refractivity contribution in [2.45, 2.75) is 26.9 Å². The van der Waals surface area contributed by atoms with Crippen molar-refractivity contribution in [2.75, 3.05) is 10.7 Å². The van der Waals surface area contributed by atoms with E-state index in [4.69, 9.17) is 17.3 Å². The highest BCUT2D eigenvalue weighted by atomic mass is 32.1. The topological polar surface area (TPSA) is 141 Å². The first-order valence-corrected chi connectivity index (χ1v) is 12.4. The Morgan fingerprint density at radius 1 is 1.28 bits per heavy atom. The highest BCUT2D eigenvalue weighted by molar-refractivity contribution is 7.16. The largest absolute Gasteiger partial charge is 0.396 e. The lowest BCUT2D eigenvalue weighted by Gasteiger charge is -2.19. The first-order valence-electron chi connectivity index (χ1n) is 11.6. The molecule has 0 aliphatic heterocycles. The molecule has 0 aliphatic rings. The lowest BCUT2D eigenvalue weighted by atomic mass is 10.1.